The van der Waals surface area contributed by atoms with Gasteiger partial charge in [0, 0.05) is 44.1 Å². The number of hydrogen-bond donors (Lipinski definition) is 2. The minimum Gasteiger partial charge on any atom is -0.335 e. The topological polar surface area (TPSA) is 70.4 Å². The van der Waals surface area contributed by atoms with Crippen LogP contribution in [0.1, 0.15) is 33.7 Å². The van der Waals surface area contributed by atoms with Gasteiger partial charge in [0.15, 0.2) is 0 Å². The molecule has 3 rings (SSSR count). The fraction of sp³-hybridized carbons (Fsp3) is 0.412. The Hall–Kier alpha value is -2.18. The van der Waals surface area contributed by atoms with Crippen LogP contribution in [-0.2, 0) is 19.5 Å². The number of rotatable bonds is 5. The molecule has 0 fully saturated rings. The lowest BCUT2D eigenvalue weighted by Gasteiger charge is -2.29. The van der Waals surface area contributed by atoms with Crippen LogP contribution in [0.4, 0.5) is 0 Å². The van der Waals surface area contributed by atoms with E-state index in [-0.39, 0.29) is 0 Å². The van der Waals surface area contributed by atoms with Gasteiger partial charge >= 0.3 is 0 Å². The molecule has 2 heterocycles. The lowest BCUT2D eigenvalue weighted by Crippen LogP contribution is -2.32. The third-order valence-corrected chi connectivity index (χ3v) is 4.46. The summed E-state index contributed by atoms with van der Waals surface area (Å²) in [6.07, 6.45) is 5.92. The van der Waals surface area contributed by atoms with Gasteiger partial charge in [0.2, 0.25) is 0 Å². The van der Waals surface area contributed by atoms with Crippen LogP contribution in [0, 0.1) is 6.92 Å². The summed E-state index contributed by atoms with van der Waals surface area (Å²) in [4.78, 5) is 18.2. The number of fused-ring (bicyclic) bond motifs is 1. The van der Waals surface area contributed by atoms with E-state index in [1.807, 2.05) is 31.5 Å². The zero-order valence-corrected chi connectivity index (χ0v) is 13.3. The van der Waals surface area contributed by atoms with Gasteiger partial charge in [-0.15, -0.1) is 0 Å². The van der Waals surface area contributed by atoms with E-state index < -0.39 is 5.91 Å². The van der Waals surface area contributed by atoms with E-state index in [4.69, 9.17) is 5.21 Å². The average molecular weight is 314 g/mol. The van der Waals surface area contributed by atoms with Crippen molar-refractivity contribution >= 4 is 5.91 Å². The molecule has 1 aromatic carbocycles. The second-order valence-electron chi connectivity index (χ2n) is 5.97. The first-order chi connectivity index (χ1) is 11.2. The summed E-state index contributed by atoms with van der Waals surface area (Å²) in [7, 11) is 0. The molecule has 0 radical (unpaired) electrons. The maximum atomic E-state index is 11.5. The van der Waals surface area contributed by atoms with Crippen molar-refractivity contribution in [3.63, 3.8) is 0 Å². The summed E-state index contributed by atoms with van der Waals surface area (Å²) in [5.41, 5.74) is 4.66. The molecule has 1 aliphatic heterocycles. The van der Waals surface area contributed by atoms with E-state index >= 15 is 0 Å². The Morgan fingerprint density at radius 2 is 2.22 bits per heavy atom. The van der Waals surface area contributed by atoms with Gasteiger partial charge in [0.25, 0.3) is 5.91 Å². The molecule has 6 nitrogen and oxygen atoms in total. The minimum atomic E-state index is -0.458. The normalized spacial score (nSPS) is 14.5. The van der Waals surface area contributed by atoms with Gasteiger partial charge in [-0.1, -0.05) is 6.07 Å². The van der Waals surface area contributed by atoms with Crippen molar-refractivity contribution in [2.75, 3.05) is 13.1 Å². The molecule has 2 aromatic rings. The van der Waals surface area contributed by atoms with Gasteiger partial charge in [-0.05, 0) is 43.0 Å². The van der Waals surface area contributed by atoms with Gasteiger partial charge in [-0.3, -0.25) is 14.9 Å². The van der Waals surface area contributed by atoms with Crippen molar-refractivity contribution < 1.29 is 10.0 Å². The van der Waals surface area contributed by atoms with Crippen LogP contribution >= 0.6 is 0 Å². The van der Waals surface area contributed by atoms with Crippen molar-refractivity contribution in [3.8, 4) is 0 Å². The first kappa shape index (κ1) is 15.7. The lowest BCUT2D eigenvalue weighted by atomic mass is 9.97. The Morgan fingerprint density at radius 3 is 2.96 bits per heavy atom. The number of hydroxylamine groups is 1. The molecule has 0 saturated carbocycles. The number of carbonyl (C=O) groups excluding carboxylic acids is 1. The fourth-order valence-corrected chi connectivity index (χ4v) is 3.12. The third-order valence-electron chi connectivity index (χ3n) is 4.46. The quantitative estimate of drug-likeness (QED) is 0.652. The fourth-order valence-electron chi connectivity index (χ4n) is 3.12. The van der Waals surface area contributed by atoms with Crippen LogP contribution in [0.2, 0.25) is 0 Å². The van der Waals surface area contributed by atoms with E-state index in [9.17, 15) is 4.79 Å². The number of imidazole rings is 1. The first-order valence-electron chi connectivity index (χ1n) is 7.93. The van der Waals surface area contributed by atoms with Crippen LogP contribution < -0.4 is 5.48 Å². The van der Waals surface area contributed by atoms with Gasteiger partial charge in [-0.2, -0.15) is 0 Å². The average Bonchev–Trinajstić information content (AvgIpc) is 2.98. The highest BCUT2D eigenvalue weighted by Gasteiger charge is 2.17. The van der Waals surface area contributed by atoms with E-state index in [1.165, 1.54) is 11.1 Å². The standard InChI is InChI=1S/C17H22N4O2/c1-13-18-6-10-21(13)8-2-7-20-9-5-14-3-4-15(17(22)19-23)11-16(14)12-20/h3-4,6,10-11,23H,2,5,7-9,12H2,1H3,(H,19,22). The van der Waals surface area contributed by atoms with Gasteiger partial charge < -0.3 is 4.57 Å². The molecule has 2 N–H and O–H groups in total. The van der Waals surface area contributed by atoms with Gasteiger partial charge in [-0.25, -0.2) is 10.5 Å². The summed E-state index contributed by atoms with van der Waals surface area (Å²) < 4.78 is 2.17. The lowest BCUT2D eigenvalue weighted by molar-refractivity contribution is 0.0706. The van der Waals surface area contributed by atoms with Crippen molar-refractivity contribution in [1.82, 2.24) is 19.9 Å². The number of carbonyl (C=O) groups is 1. The molecule has 0 bridgehead atoms. The molecule has 122 valence electrons. The minimum absolute atomic E-state index is 0.458. The Labute approximate surface area is 135 Å². The van der Waals surface area contributed by atoms with Crippen molar-refractivity contribution in [3.05, 3.63) is 53.1 Å². The SMILES string of the molecule is Cc1nccn1CCCN1CCc2ccc(C(=O)NO)cc2C1. The predicted octanol–water partition coefficient (Wildman–Crippen LogP) is 1.76. The molecule has 0 unspecified atom stereocenters. The second kappa shape index (κ2) is 6.93. The molecule has 23 heavy (non-hydrogen) atoms. The Bertz CT molecular complexity index is 696. The number of amides is 1. The molecule has 1 aromatic heterocycles. The molecule has 0 spiro atoms. The van der Waals surface area contributed by atoms with E-state index in [2.05, 4.69) is 14.5 Å². The summed E-state index contributed by atoms with van der Waals surface area (Å²) in [6, 6.07) is 5.64. The molecule has 0 atom stereocenters. The van der Waals surface area contributed by atoms with Gasteiger partial charge in [0.1, 0.15) is 5.82 Å². The van der Waals surface area contributed by atoms with Gasteiger partial charge in [0.05, 0.1) is 0 Å². The smallest absolute Gasteiger partial charge is 0.274 e. The Morgan fingerprint density at radius 1 is 1.35 bits per heavy atom. The number of aryl methyl sites for hydroxylation is 2. The Kier molecular flexibility index (Phi) is 4.73. The number of hydrogen-bond acceptors (Lipinski definition) is 4. The zero-order valence-electron chi connectivity index (χ0n) is 13.3. The van der Waals surface area contributed by atoms with E-state index in [0.29, 0.717) is 5.56 Å². The summed E-state index contributed by atoms with van der Waals surface area (Å²) in [5, 5.41) is 8.76. The number of nitrogens with zero attached hydrogens (tertiary/aromatic N) is 3. The maximum Gasteiger partial charge on any atom is 0.274 e. The summed E-state index contributed by atoms with van der Waals surface area (Å²) >= 11 is 0. The van der Waals surface area contributed by atoms with Crippen molar-refractivity contribution in [2.45, 2.75) is 32.9 Å². The zero-order chi connectivity index (χ0) is 16.2. The highest BCUT2D eigenvalue weighted by molar-refractivity contribution is 5.93. The molecule has 1 aliphatic rings. The predicted molar refractivity (Wildman–Crippen MR) is 86.3 cm³/mol. The number of benzene rings is 1. The maximum absolute atomic E-state index is 11.5. The van der Waals surface area contributed by atoms with E-state index in [0.717, 1.165) is 44.8 Å². The summed E-state index contributed by atoms with van der Waals surface area (Å²) in [5.74, 6) is 0.592. The largest absolute Gasteiger partial charge is 0.335 e. The van der Waals surface area contributed by atoms with Crippen LogP contribution in [0.3, 0.4) is 0 Å². The van der Waals surface area contributed by atoms with Crippen molar-refractivity contribution in [1.29, 1.82) is 0 Å². The first-order valence-corrected chi connectivity index (χ1v) is 7.93. The van der Waals surface area contributed by atoms with Crippen molar-refractivity contribution in [2.24, 2.45) is 0 Å². The Balaban J connectivity index is 1.58. The molecule has 6 heteroatoms. The molecule has 0 aliphatic carbocycles. The van der Waals surface area contributed by atoms with Crippen LogP contribution in [-0.4, -0.2) is 38.7 Å². The second-order valence-corrected chi connectivity index (χ2v) is 5.97. The third kappa shape index (κ3) is 3.60. The van der Waals surface area contributed by atoms with Crippen LogP contribution in [0.5, 0.6) is 0 Å². The molecular formula is C17H22N4O2. The highest BCUT2D eigenvalue weighted by Crippen LogP contribution is 2.20. The van der Waals surface area contributed by atoms with Crippen LogP contribution in [0.25, 0.3) is 0 Å². The monoisotopic (exact) mass is 314 g/mol. The highest BCUT2D eigenvalue weighted by atomic mass is 16.5. The molecule has 1 amide bonds. The summed E-state index contributed by atoms with van der Waals surface area (Å²) in [6.45, 7) is 5.91. The molecular weight excluding hydrogens is 292 g/mol. The van der Waals surface area contributed by atoms with E-state index in [1.54, 1.807) is 11.5 Å². The van der Waals surface area contributed by atoms with Crippen LogP contribution in [0.15, 0.2) is 30.6 Å². The number of aromatic nitrogens is 2. The molecule has 0 saturated heterocycles. The number of nitrogens with one attached hydrogen (secondary N) is 1.